The zero-order valence-electron chi connectivity index (χ0n) is 14.7. The van der Waals surface area contributed by atoms with Gasteiger partial charge in [0.25, 0.3) is 0 Å². The molecule has 1 N–H and O–H groups in total. The molecular weight excluding hydrogens is 300 g/mol. The maximum absolute atomic E-state index is 11.9. The molecule has 1 amide bonds. The van der Waals surface area contributed by atoms with Crippen molar-refractivity contribution in [3.8, 4) is 5.75 Å². The fourth-order valence-corrected chi connectivity index (χ4v) is 2.26. The summed E-state index contributed by atoms with van der Waals surface area (Å²) in [5.41, 5.74) is 3.46. The summed E-state index contributed by atoms with van der Waals surface area (Å²) in [6.07, 6.45) is 1.18. The molecule has 0 bridgehead atoms. The van der Waals surface area contributed by atoms with Gasteiger partial charge in [-0.2, -0.15) is 0 Å². The second-order valence-corrected chi connectivity index (χ2v) is 6.10. The van der Waals surface area contributed by atoms with Crippen LogP contribution in [0.25, 0.3) is 0 Å². The normalized spacial score (nSPS) is 10.3. The smallest absolute Gasteiger partial charge is 0.220 e. The van der Waals surface area contributed by atoms with Crippen LogP contribution in [0.2, 0.25) is 0 Å². The summed E-state index contributed by atoms with van der Waals surface area (Å²) >= 11 is 0. The van der Waals surface area contributed by atoms with E-state index in [1.807, 2.05) is 57.4 Å². The summed E-state index contributed by atoms with van der Waals surface area (Å²) < 4.78 is 5.63. The predicted molar refractivity (Wildman–Crippen MR) is 98.5 cm³/mol. The first kappa shape index (κ1) is 17.9. The van der Waals surface area contributed by atoms with Crippen molar-refractivity contribution in [3.05, 3.63) is 59.7 Å². The Morgan fingerprint density at radius 2 is 1.71 bits per heavy atom. The molecule has 4 heteroatoms. The van der Waals surface area contributed by atoms with Crippen molar-refractivity contribution in [2.45, 2.75) is 26.3 Å². The number of amides is 1. The lowest BCUT2D eigenvalue weighted by Crippen LogP contribution is -2.23. The predicted octanol–water partition coefficient (Wildman–Crippen LogP) is 3.54. The Morgan fingerprint density at radius 1 is 1.04 bits per heavy atom. The number of carbonyl (C=O) groups excluding carboxylic acids is 1. The quantitative estimate of drug-likeness (QED) is 0.755. The van der Waals surface area contributed by atoms with Crippen LogP contribution in [-0.2, 0) is 11.3 Å². The standard InChI is InChI=1S/C20H26N2O2/c1-16-6-12-19(13-7-16)24-14-4-5-20(23)21-15-17-8-10-18(11-9-17)22(2)3/h6-13H,4-5,14-15H2,1-3H3,(H,21,23). The molecule has 0 aliphatic rings. The Hall–Kier alpha value is -2.49. The van der Waals surface area contributed by atoms with Crippen molar-refractivity contribution in [3.63, 3.8) is 0 Å². The molecule has 2 aromatic carbocycles. The summed E-state index contributed by atoms with van der Waals surface area (Å²) in [6, 6.07) is 16.1. The topological polar surface area (TPSA) is 41.6 Å². The monoisotopic (exact) mass is 326 g/mol. The van der Waals surface area contributed by atoms with Crippen LogP contribution in [0.3, 0.4) is 0 Å². The van der Waals surface area contributed by atoms with Crippen LogP contribution in [0, 0.1) is 6.92 Å². The van der Waals surface area contributed by atoms with Gasteiger partial charge in [-0.3, -0.25) is 4.79 Å². The first-order valence-electron chi connectivity index (χ1n) is 8.27. The summed E-state index contributed by atoms with van der Waals surface area (Å²) in [6.45, 7) is 3.15. The first-order valence-corrected chi connectivity index (χ1v) is 8.27. The van der Waals surface area contributed by atoms with Crippen LogP contribution in [0.4, 0.5) is 5.69 Å². The Labute approximate surface area is 144 Å². The molecule has 2 rings (SSSR count). The highest BCUT2D eigenvalue weighted by Gasteiger charge is 2.03. The van der Waals surface area contributed by atoms with E-state index in [0.717, 1.165) is 17.0 Å². The lowest BCUT2D eigenvalue weighted by Gasteiger charge is -2.13. The number of nitrogens with zero attached hydrogens (tertiary/aromatic N) is 1. The molecule has 24 heavy (non-hydrogen) atoms. The Bertz CT molecular complexity index is 634. The van der Waals surface area contributed by atoms with Crippen molar-refractivity contribution in [2.75, 3.05) is 25.6 Å². The SMILES string of the molecule is Cc1ccc(OCCCC(=O)NCc2ccc(N(C)C)cc2)cc1. The highest BCUT2D eigenvalue weighted by atomic mass is 16.5. The van der Waals surface area contributed by atoms with Gasteiger partial charge < -0.3 is 15.0 Å². The molecule has 0 spiro atoms. The molecule has 0 saturated heterocycles. The van der Waals surface area contributed by atoms with Crippen molar-refractivity contribution in [1.29, 1.82) is 0 Å². The fraction of sp³-hybridized carbons (Fsp3) is 0.350. The van der Waals surface area contributed by atoms with Crippen molar-refractivity contribution in [2.24, 2.45) is 0 Å². The van der Waals surface area contributed by atoms with Gasteiger partial charge in [-0.25, -0.2) is 0 Å². The molecule has 4 nitrogen and oxygen atoms in total. The van der Waals surface area contributed by atoms with Gasteiger partial charge in [-0.05, 0) is 43.2 Å². The second-order valence-electron chi connectivity index (χ2n) is 6.10. The van der Waals surface area contributed by atoms with E-state index in [-0.39, 0.29) is 5.91 Å². The van der Waals surface area contributed by atoms with E-state index >= 15 is 0 Å². The van der Waals surface area contributed by atoms with Gasteiger partial charge in [0.05, 0.1) is 6.61 Å². The van der Waals surface area contributed by atoms with E-state index in [1.54, 1.807) is 0 Å². The van der Waals surface area contributed by atoms with E-state index < -0.39 is 0 Å². The number of anilines is 1. The third-order valence-electron chi connectivity index (χ3n) is 3.78. The molecule has 128 valence electrons. The summed E-state index contributed by atoms with van der Waals surface area (Å²) in [7, 11) is 4.02. The van der Waals surface area contributed by atoms with Crippen LogP contribution >= 0.6 is 0 Å². The van der Waals surface area contributed by atoms with Gasteiger partial charge in [-0.1, -0.05) is 29.8 Å². The maximum atomic E-state index is 11.9. The fourth-order valence-electron chi connectivity index (χ4n) is 2.26. The Balaban J connectivity index is 1.63. The molecule has 2 aromatic rings. The summed E-state index contributed by atoms with van der Waals surface area (Å²) in [5.74, 6) is 0.904. The van der Waals surface area contributed by atoms with Gasteiger partial charge in [0.15, 0.2) is 0 Å². The molecular formula is C20H26N2O2. The van der Waals surface area contributed by atoms with Crippen LogP contribution in [0.5, 0.6) is 5.75 Å². The second kappa shape index (κ2) is 8.96. The van der Waals surface area contributed by atoms with Crippen LogP contribution in [-0.4, -0.2) is 26.6 Å². The zero-order valence-corrected chi connectivity index (χ0v) is 14.7. The third-order valence-corrected chi connectivity index (χ3v) is 3.78. The molecule has 0 heterocycles. The van der Waals surface area contributed by atoms with E-state index in [2.05, 4.69) is 22.3 Å². The molecule has 0 atom stereocenters. The average Bonchev–Trinajstić information content (AvgIpc) is 2.59. The van der Waals surface area contributed by atoms with Gasteiger partial charge in [-0.15, -0.1) is 0 Å². The van der Waals surface area contributed by atoms with Crippen LogP contribution in [0.15, 0.2) is 48.5 Å². The molecule has 0 saturated carbocycles. The van der Waals surface area contributed by atoms with Crippen LogP contribution in [0.1, 0.15) is 24.0 Å². The van der Waals surface area contributed by atoms with E-state index in [9.17, 15) is 4.79 Å². The number of hydrogen-bond acceptors (Lipinski definition) is 3. The van der Waals surface area contributed by atoms with E-state index in [4.69, 9.17) is 4.74 Å². The largest absolute Gasteiger partial charge is 0.494 e. The first-order chi connectivity index (χ1) is 11.5. The lowest BCUT2D eigenvalue weighted by atomic mass is 10.2. The number of hydrogen-bond donors (Lipinski definition) is 1. The molecule has 0 aliphatic heterocycles. The zero-order chi connectivity index (χ0) is 17.4. The highest BCUT2D eigenvalue weighted by Crippen LogP contribution is 2.13. The van der Waals surface area contributed by atoms with E-state index in [1.165, 1.54) is 5.56 Å². The molecule has 0 radical (unpaired) electrons. The third kappa shape index (κ3) is 5.95. The number of carbonyl (C=O) groups is 1. The minimum atomic E-state index is 0.0548. The number of aryl methyl sites for hydroxylation is 1. The van der Waals surface area contributed by atoms with Gasteiger partial charge >= 0.3 is 0 Å². The average molecular weight is 326 g/mol. The van der Waals surface area contributed by atoms with Crippen molar-refractivity contribution >= 4 is 11.6 Å². The van der Waals surface area contributed by atoms with Gasteiger partial charge in [0.1, 0.15) is 5.75 Å². The number of benzene rings is 2. The minimum Gasteiger partial charge on any atom is -0.494 e. The van der Waals surface area contributed by atoms with Gasteiger partial charge in [0.2, 0.25) is 5.91 Å². The number of ether oxygens (including phenoxy) is 1. The summed E-state index contributed by atoms with van der Waals surface area (Å²) in [5, 5.41) is 2.95. The molecule has 0 aromatic heterocycles. The minimum absolute atomic E-state index is 0.0548. The van der Waals surface area contributed by atoms with Crippen molar-refractivity contribution < 1.29 is 9.53 Å². The maximum Gasteiger partial charge on any atom is 0.220 e. The Morgan fingerprint density at radius 3 is 2.33 bits per heavy atom. The highest BCUT2D eigenvalue weighted by molar-refractivity contribution is 5.75. The summed E-state index contributed by atoms with van der Waals surface area (Å²) in [4.78, 5) is 13.9. The Kier molecular flexibility index (Phi) is 6.67. The van der Waals surface area contributed by atoms with Gasteiger partial charge in [0, 0.05) is 32.7 Å². The molecule has 0 unspecified atom stereocenters. The van der Waals surface area contributed by atoms with Crippen molar-refractivity contribution in [1.82, 2.24) is 5.32 Å². The number of nitrogens with one attached hydrogen (secondary N) is 1. The van der Waals surface area contributed by atoms with Crippen LogP contribution < -0.4 is 15.0 Å². The molecule has 0 aliphatic carbocycles. The number of rotatable bonds is 8. The van der Waals surface area contributed by atoms with E-state index in [0.29, 0.717) is 26.0 Å². The lowest BCUT2D eigenvalue weighted by molar-refractivity contribution is -0.121. The molecule has 0 fully saturated rings.